The SMILES string of the molecule is COc1ccc(CN2CCOCC2)c2cc(C(=O)NC(C)c3ccccc3)oc12.Cl. The molecule has 0 spiro atoms. The number of hydrogen-bond donors (Lipinski definition) is 1. The normalized spacial score (nSPS) is 15.4. The molecule has 4 rings (SSSR count). The fourth-order valence-electron chi connectivity index (χ4n) is 3.66. The summed E-state index contributed by atoms with van der Waals surface area (Å²) < 4.78 is 16.8. The zero-order chi connectivity index (χ0) is 20.2. The number of hydrogen-bond acceptors (Lipinski definition) is 5. The number of ether oxygens (including phenoxy) is 2. The minimum Gasteiger partial charge on any atom is -0.493 e. The zero-order valence-electron chi connectivity index (χ0n) is 17.2. The van der Waals surface area contributed by atoms with Crippen LogP contribution in [0.4, 0.5) is 0 Å². The Balaban J connectivity index is 0.00000256. The van der Waals surface area contributed by atoms with Crippen LogP contribution in [0.5, 0.6) is 5.75 Å². The molecule has 1 saturated heterocycles. The first kappa shape index (κ1) is 22.2. The van der Waals surface area contributed by atoms with Gasteiger partial charge in [-0.2, -0.15) is 0 Å². The molecule has 6 nitrogen and oxygen atoms in total. The highest BCUT2D eigenvalue weighted by Crippen LogP contribution is 2.32. The lowest BCUT2D eigenvalue weighted by molar-refractivity contribution is 0.0343. The second kappa shape index (κ2) is 9.98. The molecule has 2 aromatic carbocycles. The van der Waals surface area contributed by atoms with Crippen molar-refractivity contribution in [3.8, 4) is 5.75 Å². The Morgan fingerprint density at radius 1 is 1.17 bits per heavy atom. The molecule has 7 heteroatoms. The summed E-state index contributed by atoms with van der Waals surface area (Å²) in [6.07, 6.45) is 0. The molecule has 2 heterocycles. The molecule has 30 heavy (non-hydrogen) atoms. The highest BCUT2D eigenvalue weighted by Gasteiger charge is 2.20. The largest absolute Gasteiger partial charge is 0.493 e. The third-order valence-corrected chi connectivity index (χ3v) is 5.33. The van der Waals surface area contributed by atoms with Gasteiger partial charge in [0.2, 0.25) is 0 Å². The van der Waals surface area contributed by atoms with Crippen molar-refractivity contribution >= 4 is 29.3 Å². The number of carbonyl (C=O) groups is 1. The van der Waals surface area contributed by atoms with Crippen LogP contribution in [0.25, 0.3) is 11.0 Å². The fraction of sp³-hybridized carbons (Fsp3) is 0.348. The van der Waals surface area contributed by atoms with Gasteiger partial charge in [0, 0.05) is 25.0 Å². The lowest BCUT2D eigenvalue weighted by Gasteiger charge is -2.26. The first-order valence-corrected chi connectivity index (χ1v) is 9.91. The highest BCUT2D eigenvalue weighted by atomic mass is 35.5. The topological polar surface area (TPSA) is 63.9 Å². The van der Waals surface area contributed by atoms with E-state index >= 15 is 0 Å². The van der Waals surface area contributed by atoms with E-state index in [4.69, 9.17) is 13.9 Å². The number of nitrogens with zero attached hydrogens (tertiary/aromatic N) is 1. The highest BCUT2D eigenvalue weighted by molar-refractivity contribution is 5.98. The summed E-state index contributed by atoms with van der Waals surface area (Å²) in [6, 6.07) is 15.5. The first-order chi connectivity index (χ1) is 14.2. The van der Waals surface area contributed by atoms with Crippen LogP contribution in [-0.2, 0) is 11.3 Å². The average molecular weight is 431 g/mol. The Kier molecular flexibility index (Phi) is 7.37. The van der Waals surface area contributed by atoms with E-state index in [0.717, 1.165) is 49.4 Å². The van der Waals surface area contributed by atoms with Crippen LogP contribution in [0, 0.1) is 0 Å². The molecule has 1 fully saturated rings. The van der Waals surface area contributed by atoms with Gasteiger partial charge in [-0.1, -0.05) is 36.4 Å². The summed E-state index contributed by atoms with van der Waals surface area (Å²) in [5, 5.41) is 3.92. The first-order valence-electron chi connectivity index (χ1n) is 9.91. The molecule has 0 bridgehead atoms. The van der Waals surface area contributed by atoms with E-state index in [2.05, 4.69) is 10.2 Å². The van der Waals surface area contributed by atoms with Crippen LogP contribution in [0.3, 0.4) is 0 Å². The molecular formula is C23H27ClN2O4. The maximum absolute atomic E-state index is 12.8. The lowest BCUT2D eigenvalue weighted by atomic mass is 10.1. The average Bonchev–Trinajstić information content (AvgIpc) is 3.21. The Morgan fingerprint density at radius 2 is 1.90 bits per heavy atom. The van der Waals surface area contributed by atoms with Gasteiger partial charge in [0.05, 0.1) is 26.4 Å². The van der Waals surface area contributed by atoms with Gasteiger partial charge in [0.25, 0.3) is 5.91 Å². The summed E-state index contributed by atoms with van der Waals surface area (Å²) in [5.74, 6) is 0.674. The van der Waals surface area contributed by atoms with Crippen molar-refractivity contribution in [1.82, 2.24) is 10.2 Å². The van der Waals surface area contributed by atoms with Crippen LogP contribution in [0.15, 0.2) is 52.9 Å². The Morgan fingerprint density at radius 3 is 2.60 bits per heavy atom. The molecule has 1 unspecified atom stereocenters. The standard InChI is InChI=1S/C23H26N2O4.ClH/c1-16(17-6-4-3-5-7-17)24-23(26)21-14-19-18(15-25-10-12-28-13-11-25)8-9-20(27-2)22(19)29-21;/h3-9,14,16H,10-13,15H2,1-2H3,(H,24,26);1H. The molecule has 1 aliphatic rings. The van der Waals surface area contributed by atoms with E-state index in [0.29, 0.717) is 11.3 Å². The number of rotatable bonds is 6. The second-order valence-electron chi connectivity index (χ2n) is 7.27. The predicted octanol–water partition coefficient (Wildman–Crippen LogP) is 4.19. The van der Waals surface area contributed by atoms with E-state index < -0.39 is 0 Å². The number of morpholine rings is 1. The van der Waals surface area contributed by atoms with Crippen LogP contribution in [-0.4, -0.2) is 44.2 Å². The second-order valence-corrected chi connectivity index (χ2v) is 7.27. The maximum atomic E-state index is 12.8. The van der Waals surface area contributed by atoms with Gasteiger partial charge in [-0.25, -0.2) is 0 Å². The molecular weight excluding hydrogens is 404 g/mol. The van der Waals surface area contributed by atoms with Gasteiger partial charge >= 0.3 is 0 Å². The van der Waals surface area contributed by atoms with E-state index in [1.54, 1.807) is 7.11 Å². The number of methoxy groups -OCH3 is 1. The van der Waals surface area contributed by atoms with E-state index in [-0.39, 0.29) is 30.1 Å². The molecule has 1 aromatic heterocycles. The molecule has 1 aliphatic heterocycles. The van der Waals surface area contributed by atoms with Crippen molar-refractivity contribution in [2.24, 2.45) is 0 Å². The number of amides is 1. The molecule has 0 saturated carbocycles. The number of halogens is 1. The van der Waals surface area contributed by atoms with Crippen LogP contribution < -0.4 is 10.1 Å². The third-order valence-electron chi connectivity index (χ3n) is 5.33. The van der Waals surface area contributed by atoms with Crippen molar-refractivity contribution in [3.05, 3.63) is 65.4 Å². The molecule has 1 N–H and O–H groups in total. The van der Waals surface area contributed by atoms with E-state index in [1.807, 2.05) is 55.5 Å². The van der Waals surface area contributed by atoms with Gasteiger partial charge in [0.1, 0.15) is 0 Å². The number of nitrogens with one attached hydrogen (secondary N) is 1. The Bertz CT molecular complexity index is 984. The summed E-state index contributed by atoms with van der Waals surface area (Å²) in [6.45, 7) is 6.03. The Labute approximate surface area is 182 Å². The molecule has 1 amide bonds. The van der Waals surface area contributed by atoms with E-state index in [9.17, 15) is 4.79 Å². The van der Waals surface area contributed by atoms with Gasteiger partial charge in [-0.05, 0) is 30.2 Å². The molecule has 160 valence electrons. The van der Waals surface area contributed by atoms with Crippen LogP contribution in [0.1, 0.15) is 34.6 Å². The Hall–Kier alpha value is -2.54. The molecule has 1 atom stereocenters. The smallest absolute Gasteiger partial charge is 0.287 e. The number of furan rings is 1. The quantitative estimate of drug-likeness (QED) is 0.635. The van der Waals surface area contributed by atoms with Crippen molar-refractivity contribution in [3.63, 3.8) is 0 Å². The van der Waals surface area contributed by atoms with Crippen molar-refractivity contribution < 1.29 is 18.7 Å². The van der Waals surface area contributed by atoms with Crippen LogP contribution in [0.2, 0.25) is 0 Å². The number of carbonyl (C=O) groups excluding carboxylic acids is 1. The molecule has 0 radical (unpaired) electrons. The summed E-state index contributed by atoms with van der Waals surface area (Å²) in [5.41, 5.74) is 2.76. The molecule has 0 aliphatic carbocycles. The van der Waals surface area contributed by atoms with Gasteiger partial charge in [-0.15, -0.1) is 12.4 Å². The lowest BCUT2D eigenvalue weighted by Crippen LogP contribution is -2.35. The summed E-state index contributed by atoms with van der Waals surface area (Å²) in [4.78, 5) is 15.2. The predicted molar refractivity (Wildman–Crippen MR) is 118 cm³/mol. The summed E-state index contributed by atoms with van der Waals surface area (Å²) >= 11 is 0. The maximum Gasteiger partial charge on any atom is 0.287 e. The fourth-order valence-corrected chi connectivity index (χ4v) is 3.66. The van der Waals surface area contributed by atoms with Crippen molar-refractivity contribution in [2.75, 3.05) is 33.4 Å². The van der Waals surface area contributed by atoms with E-state index in [1.165, 1.54) is 0 Å². The monoisotopic (exact) mass is 430 g/mol. The summed E-state index contributed by atoms with van der Waals surface area (Å²) in [7, 11) is 1.61. The zero-order valence-corrected chi connectivity index (χ0v) is 18.0. The minimum absolute atomic E-state index is 0. The van der Waals surface area contributed by atoms with Gasteiger partial charge < -0.3 is 19.2 Å². The number of fused-ring (bicyclic) bond motifs is 1. The van der Waals surface area contributed by atoms with Gasteiger partial charge in [0.15, 0.2) is 17.1 Å². The van der Waals surface area contributed by atoms with Gasteiger partial charge in [-0.3, -0.25) is 9.69 Å². The van der Waals surface area contributed by atoms with Crippen molar-refractivity contribution in [1.29, 1.82) is 0 Å². The van der Waals surface area contributed by atoms with Crippen LogP contribution >= 0.6 is 12.4 Å². The third kappa shape index (κ3) is 4.78. The van der Waals surface area contributed by atoms with Crippen molar-refractivity contribution in [2.45, 2.75) is 19.5 Å². The molecule has 3 aromatic rings. The minimum atomic E-state index is -0.239. The number of benzene rings is 2.